The first-order valence-corrected chi connectivity index (χ1v) is 6.44. The number of aliphatic hydroxyl groups is 1. The molecule has 1 saturated heterocycles. The number of nitrogens with one attached hydrogen (secondary N) is 2. The maximum atomic E-state index is 12.0. The molecule has 0 aromatic heterocycles. The minimum absolute atomic E-state index is 0.224. The smallest absolute Gasteiger partial charge is 0.265 e. The van der Waals surface area contributed by atoms with E-state index in [-0.39, 0.29) is 18.4 Å². The number of piperidine rings is 1. The van der Waals surface area contributed by atoms with Gasteiger partial charge in [0.05, 0.1) is 0 Å². The van der Waals surface area contributed by atoms with E-state index in [1.54, 1.807) is 0 Å². The summed E-state index contributed by atoms with van der Waals surface area (Å²) in [7, 11) is 0. The Hall–Kier alpha value is -0.750. The highest BCUT2D eigenvalue weighted by Crippen LogP contribution is 2.22. The Morgan fingerprint density at radius 1 is 1.56 bits per heavy atom. The van der Waals surface area contributed by atoms with Crippen LogP contribution in [0.15, 0.2) is 0 Å². The molecule has 6 heteroatoms. The summed E-state index contributed by atoms with van der Waals surface area (Å²) in [6.07, 6.45) is -2.06. The van der Waals surface area contributed by atoms with Crippen molar-refractivity contribution in [1.29, 1.82) is 0 Å². The number of halogens is 2. The van der Waals surface area contributed by atoms with E-state index in [4.69, 9.17) is 5.11 Å². The zero-order chi connectivity index (χ0) is 13.5. The Labute approximate surface area is 106 Å². The van der Waals surface area contributed by atoms with Gasteiger partial charge in [-0.15, -0.1) is 0 Å². The van der Waals surface area contributed by atoms with Crippen LogP contribution in [-0.4, -0.2) is 43.2 Å². The topological polar surface area (TPSA) is 61.4 Å². The van der Waals surface area contributed by atoms with Crippen molar-refractivity contribution in [2.45, 2.75) is 38.7 Å². The quantitative estimate of drug-likeness (QED) is 0.663. The summed E-state index contributed by atoms with van der Waals surface area (Å²) in [6.45, 7) is 3.55. The number of carbonyl (C=O) groups is 1. The van der Waals surface area contributed by atoms with Gasteiger partial charge in [-0.1, -0.05) is 6.92 Å². The highest BCUT2D eigenvalue weighted by molar-refractivity contribution is 5.76. The second-order valence-electron chi connectivity index (χ2n) is 4.99. The van der Waals surface area contributed by atoms with Crippen molar-refractivity contribution in [1.82, 2.24) is 10.6 Å². The predicted octanol–water partition coefficient (Wildman–Crippen LogP) is 0.754. The Kier molecular flexibility index (Phi) is 6.49. The average Bonchev–Trinajstić information content (AvgIpc) is 2.36. The molecule has 0 bridgehead atoms. The van der Waals surface area contributed by atoms with Gasteiger partial charge < -0.3 is 15.7 Å². The molecule has 1 aliphatic rings. The van der Waals surface area contributed by atoms with Crippen LogP contribution < -0.4 is 10.6 Å². The average molecular weight is 264 g/mol. The highest BCUT2D eigenvalue weighted by Gasteiger charge is 2.23. The lowest BCUT2D eigenvalue weighted by Gasteiger charge is -2.28. The van der Waals surface area contributed by atoms with Crippen LogP contribution in [0.25, 0.3) is 0 Å². The van der Waals surface area contributed by atoms with E-state index in [1.165, 1.54) is 0 Å². The minimum atomic E-state index is -2.81. The van der Waals surface area contributed by atoms with E-state index in [0.29, 0.717) is 12.3 Å². The molecule has 18 heavy (non-hydrogen) atoms. The maximum Gasteiger partial charge on any atom is 0.265 e. The van der Waals surface area contributed by atoms with E-state index in [1.807, 2.05) is 6.92 Å². The van der Waals surface area contributed by atoms with Crippen LogP contribution in [0.1, 0.15) is 26.2 Å². The summed E-state index contributed by atoms with van der Waals surface area (Å²) in [5.41, 5.74) is 0. The van der Waals surface area contributed by atoms with Crippen molar-refractivity contribution >= 4 is 5.91 Å². The molecule has 4 nitrogen and oxygen atoms in total. The molecule has 106 valence electrons. The van der Waals surface area contributed by atoms with Gasteiger partial charge in [0.25, 0.3) is 6.43 Å². The van der Waals surface area contributed by atoms with E-state index < -0.39 is 12.5 Å². The van der Waals surface area contributed by atoms with Crippen LogP contribution in [0.5, 0.6) is 0 Å². The number of carbonyl (C=O) groups excluding carboxylic acids is 1. The van der Waals surface area contributed by atoms with Crippen LogP contribution in [-0.2, 0) is 4.79 Å². The number of amides is 1. The van der Waals surface area contributed by atoms with Gasteiger partial charge in [0.1, 0.15) is 6.10 Å². The van der Waals surface area contributed by atoms with E-state index in [0.717, 1.165) is 25.9 Å². The summed E-state index contributed by atoms with van der Waals surface area (Å²) < 4.78 is 24.0. The fourth-order valence-electron chi connectivity index (χ4n) is 2.20. The molecular weight excluding hydrogens is 242 g/mol. The Balaban J connectivity index is 2.22. The molecule has 3 atom stereocenters. The molecule has 0 aliphatic carbocycles. The van der Waals surface area contributed by atoms with Crippen LogP contribution >= 0.6 is 0 Å². The highest BCUT2D eigenvalue weighted by atomic mass is 19.3. The van der Waals surface area contributed by atoms with Crippen molar-refractivity contribution in [3.63, 3.8) is 0 Å². The predicted molar refractivity (Wildman–Crippen MR) is 64.4 cm³/mol. The van der Waals surface area contributed by atoms with Crippen molar-refractivity contribution in [2.75, 3.05) is 19.6 Å². The SMILES string of the molecule is CC(CC(=O)NCC(O)C(F)F)C1CCCNC1. The minimum Gasteiger partial charge on any atom is -0.385 e. The summed E-state index contributed by atoms with van der Waals surface area (Å²) >= 11 is 0. The first-order chi connectivity index (χ1) is 8.50. The Morgan fingerprint density at radius 3 is 2.83 bits per heavy atom. The molecule has 3 unspecified atom stereocenters. The number of rotatable bonds is 6. The van der Waals surface area contributed by atoms with Crippen molar-refractivity contribution < 1.29 is 18.7 Å². The molecule has 1 fully saturated rings. The second-order valence-corrected chi connectivity index (χ2v) is 4.99. The lowest BCUT2D eigenvalue weighted by atomic mass is 9.85. The fourth-order valence-corrected chi connectivity index (χ4v) is 2.20. The van der Waals surface area contributed by atoms with Crippen molar-refractivity contribution in [3.05, 3.63) is 0 Å². The Morgan fingerprint density at radius 2 is 2.28 bits per heavy atom. The Bertz CT molecular complexity index is 258. The summed E-state index contributed by atoms with van der Waals surface area (Å²) in [5.74, 6) is 0.416. The van der Waals surface area contributed by atoms with Gasteiger partial charge in [-0.05, 0) is 37.8 Å². The van der Waals surface area contributed by atoms with Crippen LogP contribution in [0.3, 0.4) is 0 Å². The van der Waals surface area contributed by atoms with Gasteiger partial charge in [-0.25, -0.2) is 8.78 Å². The molecular formula is C12H22F2N2O2. The normalized spacial score (nSPS) is 23.7. The van der Waals surface area contributed by atoms with E-state index >= 15 is 0 Å². The van der Waals surface area contributed by atoms with Gasteiger partial charge in [-0.3, -0.25) is 4.79 Å². The third-order valence-corrected chi connectivity index (χ3v) is 3.45. The lowest BCUT2D eigenvalue weighted by molar-refractivity contribution is -0.123. The molecule has 0 radical (unpaired) electrons. The van der Waals surface area contributed by atoms with Crippen LogP contribution in [0.2, 0.25) is 0 Å². The summed E-state index contributed by atoms with van der Waals surface area (Å²) in [4.78, 5) is 11.5. The third kappa shape index (κ3) is 5.27. The largest absolute Gasteiger partial charge is 0.385 e. The van der Waals surface area contributed by atoms with E-state index in [9.17, 15) is 13.6 Å². The molecule has 0 aromatic carbocycles. The van der Waals surface area contributed by atoms with Crippen LogP contribution in [0, 0.1) is 11.8 Å². The lowest BCUT2D eigenvalue weighted by Crippen LogP contribution is -2.38. The summed E-state index contributed by atoms with van der Waals surface area (Å²) in [5, 5.41) is 14.5. The summed E-state index contributed by atoms with van der Waals surface area (Å²) in [6, 6.07) is 0. The first kappa shape index (κ1) is 15.3. The van der Waals surface area contributed by atoms with Gasteiger partial charge in [0, 0.05) is 13.0 Å². The molecule has 1 aliphatic heterocycles. The van der Waals surface area contributed by atoms with Gasteiger partial charge >= 0.3 is 0 Å². The third-order valence-electron chi connectivity index (χ3n) is 3.45. The molecule has 0 aromatic rings. The van der Waals surface area contributed by atoms with Crippen molar-refractivity contribution in [2.24, 2.45) is 11.8 Å². The zero-order valence-electron chi connectivity index (χ0n) is 10.7. The molecule has 0 saturated carbocycles. The molecule has 0 spiro atoms. The zero-order valence-corrected chi connectivity index (χ0v) is 10.7. The second kappa shape index (κ2) is 7.63. The standard InChI is InChI=1S/C12H22F2N2O2/c1-8(9-3-2-4-15-6-9)5-11(18)16-7-10(17)12(13)14/h8-10,12,15,17H,2-7H2,1H3,(H,16,18). The van der Waals surface area contributed by atoms with Gasteiger partial charge in [-0.2, -0.15) is 0 Å². The van der Waals surface area contributed by atoms with Crippen LogP contribution in [0.4, 0.5) is 8.78 Å². The van der Waals surface area contributed by atoms with E-state index in [2.05, 4.69) is 10.6 Å². The van der Waals surface area contributed by atoms with Gasteiger partial charge in [0.2, 0.25) is 5.91 Å². The number of hydrogen-bond donors (Lipinski definition) is 3. The number of hydrogen-bond acceptors (Lipinski definition) is 3. The molecule has 1 rings (SSSR count). The fraction of sp³-hybridized carbons (Fsp3) is 0.917. The van der Waals surface area contributed by atoms with Crippen molar-refractivity contribution in [3.8, 4) is 0 Å². The number of aliphatic hydroxyl groups excluding tert-OH is 1. The monoisotopic (exact) mass is 264 g/mol. The first-order valence-electron chi connectivity index (χ1n) is 6.44. The molecule has 1 heterocycles. The number of alkyl halides is 2. The maximum absolute atomic E-state index is 12.0. The molecule has 3 N–H and O–H groups in total. The van der Waals surface area contributed by atoms with Gasteiger partial charge in [0.15, 0.2) is 0 Å². The molecule has 1 amide bonds.